The Morgan fingerprint density at radius 2 is 2.16 bits per heavy atom. The summed E-state index contributed by atoms with van der Waals surface area (Å²) in [6, 6.07) is 7.84. The molecule has 1 aromatic carbocycles. The molecule has 7 heteroatoms. The van der Waals surface area contributed by atoms with Crippen molar-refractivity contribution in [3.63, 3.8) is 0 Å². The van der Waals surface area contributed by atoms with E-state index in [2.05, 4.69) is 27.7 Å². The van der Waals surface area contributed by atoms with Crippen molar-refractivity contribution in [1.82, 2.24) is 4.90 Å². The highest BCUT2D eigenvalue weighted by molar-refractivity contribution is 7.10. The number of halogens is 1. The standard InChI is InChI=1S/C18H21ClN2O3S/c1-23-15-10-16(24-2)13(9-12(15)19)20-18(22)11-21-7-3-5-14(21)17-6-4-8-25-17/h4,6,8-10,14H,3,5,7,11H2,1-2H3,(H,20,22). The summed E-state index contributed by atoms with van der Waals surface area (Å²) in [6.45, 7) is 1.27. The van der Waals surface area contributed by atoms with Gasteiger partial charge in [-0.3, -0.25) is 9.69 Å². The predicted molar refractivity (Wildman–Crippen MR) is 101 cm³/mol. The number of benzene rings is 1. The van der Waals surface area contributed by atoms with Gasteiger partial charge in [-0.15, -0.1) is 11.3 Å². The zero-order chi connectivity index (χ0) is 17.8. The highest BCUT2D eigenvalue weighted by Gasteiger charge is 2.28. The van der Waals surface area contributed by atoms with Crippen molar-refractivity contribution in [2.45, 2.75) is 18.9 Å². The molecular formula is C18H21ClN2O3S. The molecule has 2 aromatic rings. The number of amides is 1. The monoisotopic (exact) mass is 380 g/mol. The molecule has 5 nitrogen and oxygen atoms in total. The molecule has 0 saturated carbocycles. The number of carbonyl (C=O) groups is 1. The molecule has 25 heavy (non-hydrogen) atoms. The van der Waals surface area contributed by atoms with Crippen LogP contribution in [0.3, 0.4) is 0 Å². The smallest absolute Gasteiger partial charge is 0.238 e. The van der Waals surface area contributed by atoms with E-state index in [0.29, 0.717) is 34.8 Å². The van der Waals surface area contributed by atoms with Gasteiger partial charge in [0.2, 0.25) is 5.91 Å². The first kappa shape index (κ1) is 18.0. The first-order valence-corrected chi connectivity index (χ1v) is 9.37. The maximum atomic E-state index is 12.5. The third-order valence-electron chi connectivity index (χ3n) is 4.33. The minimum absolute atomic E-state index is 0.0806. The molecule has 1 atom stereocenters. The highest BCUT2D eigenvalue weighted by Crippen LogP contribution is 2.37. The highest BCUT2D eigenvalue weighted by atomic mass is 35.5. The molecule has 1 amide bonds. The molecule has 1 N–H and O–H groups in total. The predicted octanol–water partition coefficient (Wildman–Crippen LogP) is 4.19. The van der Waals surface area contributed by atoms with Crippen molar-refractivity contribution >= 4 is 34.5 Å². The SMILES string of the molecule is COc1cc(OC)c(NC(=O)CN2CCCC2c2cccs2)cc1Cl. The van der Waals surface area contributed by atoms with E-state index >= 15 is 0 Å². The average Bonchev–Trinajstić information content (AvgIpc) is 3.26. The Balaban J connectivity index is 1.69. The Morgan fingerprint density at radius 1 is 1.36 bits per heavy atom. The van der Waals surface area contributed by atoms with Crippen LogP contribution >= 0.6 is 22.9 Å². The number of nitrogens with one attached hydrogen (secondary N) is 1. The maximum Gasteiger partial charge on any atom is 0.238 e. The van der Waals surface area contributed by atoms with E-state index in [-0.39, 0.29) is 5.91 Å². The summed E-state index contributed by atoms with van der Waals surface area (Å²) < 4.78 is 10.5. The molecule has 0 spiro atoms. The molecule has 0 bridgehead atoms. The molecule has 1 fully saturated rings. The molecule has 0 radical (unpaired) electrons. The minimum atomic E-state index is -0.0806. The molecule has 1 saturated heterocycles. The number of hydrogen-bond donors (Lipinski definition) is 1. The minimum Gasteiger partial charge on any atom is -0.495 e. The molecule has 1 unspecified atom stereocenters. The van der Waals surface area contributed by atoms with E-state index in [9.17, 15) is 4.79 Å². The summed E-state index contributed by atoms with van der Waals surface area (Å²) in [5, 5.41) is 5.41. The number of carbonyl (C=O) groups excluding carboxylic acids is 1. The van der Waals surface area contributed by atoms with E-state index < -0.39 is 0 Å². The summed E-state index contributed by atoms with van der Waals surface area (Å²) in [6.07, 6.45) is 2.19. The number of anilines is 1. The van der Waals surface area contributed by atoms with Gasteiger partial charge >= 0.3 is 0 Å². The first-order chi connectivity index (χ1) is 12.1. The fourth-order valence-electron chi connectivity index (χ4n) is 3.15. The zero-order valence-corrected chi connectivity index (χ0v) is 15.8. The quantitative estimate of drug-likeness (QED) is 0.816. The van der Waals surface area contributed by atoms with Crippen LogP contribution in [0.25, 0.3) is 0 Å². The summed E-state index contributed by atoms with van der Waals surface area (Å²) in [7, 11) is 3.09. The fraction of sp³-hybridized carbons (Fsp3) is 0.389. The van der Waals surface area contributed by atoms with Gasteiger partial charge in [-0.1, -0.05) is 17.7 Å². The lowest BCUT2D eigenvalue weighted by Gasteiger charge is -2.23. The van der Waals surface area contributed by atoms with Crippen LogP contribution in [0.5, 0.6) is 11.5 Å². The lowest BCUT2D eigenvalue weighted by atomic mass is 10.2. The van der Waals surface area contributed by atoms with Crippen molar-refractivity contribution in [2.75, 3.05) is 32.6 Å². The Bertz CT molecular complexity index is 736. The fourth-order valence-corrected chi connectivity index (χ4v) is 4.29. The summed E-state index contributed by atoms with van der Waals surface area (Å²) in [5.74, 6) is 0.947. The number of ether oxygens (including phenoxy) is 2. The van der Waals surface area contributed by atoms with Gasteiger partial charge in [0.1, 0.15) is 11.5 Å². The lowest BCUT2D eigenvalue weighted by Crippen LogP contribution is -2.32. The molecule has 0 aliphatic carbocycles. The normalized spacial score (nSPS) is 17.5. The first-order valence-electron chi connectivity index (χ1n) is 8.11. The molecule has 1 aliphatic rings. The van der Waals surface area contributed by atoms with E-state index in [1.54, 1.807) is 30.6 Å². The second-order valence-corrected chi connectivity index (χ2v) is 7.27. The van der Waals surface area contributed by atoms with Crippen LogP contribution in [-0.2, 0) is 4.79 Å². The number of hydrogen-bond acceptors (Lipinski definition) is 5. The second kappa shape index (κ2) is 8.08. The van der Waals surface area contributed by atoms with E-state index in [1.807, 2.05) is 0 Å². The average molecular weight is 381 g/mol. The van der Waals surface area contributed by atoms with E-state index in [4.69, 9.17) is 21.1 Å². The van der Waals surface area contributed by atoms with Crippen molar-refractivity contribution in [1.29, 1.82) is 0 Å². The molecular weight excluding hydrogens is 360 g/mol. The Hall–Kier alpha value is -1.76. The van der Waals surface area contributed by atoms with Crippen LogP contribution in [0.4, 0.5) is 5.69 Å². The van der Waals surface area contributed by atoms with Crippen molar-refractivity contribution in [3.05, 3.63) is 39.5 Å². The van der Waals surface area contributed by atoms with Gasteiger partial charge in [-0.05, 0) is 36.9 Å². The van der Waals surface area contributed by atoms with Crippen molar-refractivity contribution < 1.29 is 14.3 Å². The lowest BCUT2D eigenvalue weighted by molar-refractivity contribution is -0.117. The number of methoxy groups -OCH3 is 2. The Labute approximate surface area is 156 Å². The molecule has 3 rings (SSSR count). The number of thiophene rings is 1. The van der Waals surface area contributed by atoms with Gasteiger partial charge in [0.25, 0.3) is 0 Å². The zero-order valence-electron chi connectivity index (χ0n) is 14.3. The van der Waals surface area contributed by atoms with Crippen molar-refractivity contribution in [2.24, 2.45) is 0 Å². The van der Waals surface area contributed by atoms with Gasteiger partial charge in [0, 0.05) is 17.0 Å². The third kappa shape index (κ3) is 4.08. The summed E-state index contributed by atoms with van der Waals surface area (Å²) in [5.41, 5.74) is 0.546. The van der Waals surface area contributed by atoms with Gasteiger partial charge in [-0.25, -0.2) is 0 Å². The third-order valence-corrected chi connectivity index (χ3v) is 5.60. The molecule has 134 valence electrons. The van der Waals surface area contributed by atoms with Gasteiger partial charge < -0.3 is 14.8 Å². The van der Waals surface area contributed by atoms with Crippen LogP contribution in [-0.4, -0.2) is 38.1 Å². The second-order valence-electron chi connectivity index (χ2n) is 5.88. The molecule has 1 aromatic heterocycles. The maximum absolute atomic E-state index is 12.5. The van der Waals surface area contributed by atoms with Crippen LogP contribution in [0.2, 0.25) is 5.02 Å². The van der Waals surface area contributed by atoms with E-state index in [1.165, 1.54) is 12.0 Å². The van der Waals surface area contributed by atoms with Crippen molar-refractivity contribution in [3.8, 4) is 11.5 Å². The number of rotatable bonds is 6. The Kier molecular flexibility index (Phi) is 5.83. The van der Waals surface area contributed by atoms with Gasteiger partial charge in [0.05, 0.1) is 31.5 Å². The van der Waals surface area contributed by atoms with E-state index in [0.717, 1.165) is 19.4 Å². The number of nitrogens with zero attached hydrogens (tertiary/aromatic N) is 1. The summed E-state index contributed by atoms with van der Waals surface area (Å²) in [4.78, 5) is 16.1. The van der Waals surface area contributed by atoms with Gasteiger partial charge in [-0.2, -0.15) is 0 Å². The van der Waals surface area contributed by atoms with Crippen LogP contribution in [0, 0.1) is 0 Å². The molecule has 2 heterocycles. The topological polar surface area (TPSA) is 50.8 Å². The number of likely N-dealkylation sites (tertiary alicyclic amines) is 1. The Morgan fingerprint density at radius 3 is 2.84 bits per heavy atom. The van der Waals surface area contributed by atoms with Crippen LogP contribution in [0.15, 0.2) is 29.6 Å². The molecule has 1 aliphatic heterocycles. The van der Waals surface area contributed by atoms with Gasteiger partial charge in [0.15, 0.2) is 0 Å². The van der Waals surface area contributed by atoms with Crippen LogP contribution < -0.4 is 14.8 Å². The summed E-state index contributed by atoms with van der Waals surface area (Å²) >= 11 is 7.90. The largest absolute Gasteiger partial charge is 0.495 e. The van der Waals surface area contributed by atoms with Crippen LogP contribution in [0.1, 0.15) is 23.8 Å².